The first-order chi connectivity index (χ1) is 8.55. The molecule has 0 amide bonds. The van der Waals surface area contributed by atoms with Crippen molar-refractivity contribution in [2.75, 3.05) is 19.6 Å². The van der Waals surface area contributed by atoms with E-state index in [-0.39, 0.29) is 11.4 Å². The van der Waals surface area contributed by atoms with Crippen LogP contribution in [-0.4, -0.2) is 30.1 Å². The van der Waals surface area contributed by atoms with Crippen LogP contribution in [-0.2, 0) is 6.54 Å². The molecule has 0 spiro atoms. The zero-order valence-electron chi connectivity index (χ0n) is 11.0. The molecule has 4 heteroatoms. The first kappa shape index (κ1) is 14.0. The lowest BCUT2D eigenvalue weighted by atomic mass is 9.93. The van der Waals surface area contributed by atoms with Gasteiger partial charge in [0.15, 0.2) is 0 Å². The van der Waals surface area contributed by atoms with Crippen LogP contribution in [0.2, 0.25) is 0 Å². The van der Waals surface area contributed by atoms with Crippen LogP contribution in [0.1, 0.15) is 25.8 Å². The maximum atomic E-state index is 13.1. The minimum atomic E-state index is -0.191. The molecule has 1 aliphatic heterocycles. The van der Waals surface area contributed by atoms with E-state index in [1.165, 1.54) is 6.07 Å². The monoisotopic (exact) mass is 314 g/mol. The average molecular weight is 315 g/mol. The maximum absolute atomic E-state index is 13.1. The number of rotatable bonds is 3. The summed E-state index contributed by atoms with van der Waals surface area (Å²) >= 11 is 3.45. The Morgan fingerprint density at radius 3 is 2.94 bits per heavy atom. The average Bonchev–Trinajstić information content (AvgIpc) is 2.35. The number of piperazine rings is 1. The molecular weight excluding hydrogens is 295 g/mol. The second-order valence-corrected chi connectivity index (χ2v) is 6.04. The fraction of sp³-hybridized carbons (Fsp3) is 0.571. The summed E-state index contributed by atoms with van der Waals surface area (Å²) in [6, 6.07) is 4.95. The van der Waals surface area contributed by atoms with Gasteiger partial charge < -0.3 is 5.32 Å². The summed E-state index contributed by atoms with van der Waals surface area (Å²) in [5.74, 6) is -0.191. The molecule has 1 aromatic carbocycles. The van der Waals surface area contributed by atoms with E-state index in [1.54, 1.807) is 6.07 Å². The summed E-state index contributed by atoms with van der Waals surface area (Å²) in [7, 11) is 0. The molecule has 2 nitrogen and oxygen atoms in total. The summed E-state index contributed by atoms with van der Waals surface area (Å²) in [5.41, 5.74) is 1.34. The van der Waals surface area contributed by atoms with Crippen LogP contribution in [0.25, 0.3) is 0 Å². The van der Waals surface area contributed by atoms with Crippen molar-refractivity contribution in [1.29, 1.82) is 0 Å². The van der Waals surface area contributed by atoms with Crippen molar-refractivity contribution in [3.63, 3.8) is 0 Å². The quantitative estimate of drug-likeness (QED) is 0.922. The van der Waals surface area contributed by atoms with Crippen molar-refractivity contribution in [1.82, 2.24) is 10.2 Å². The standard InChI is InChI=1S/C14H20BrFN2/c1-3-14(2)10-17-6-7-18(14)9-11-4-5-12(16)8-13(11)15/h4-5,8,17H,3,6-7,9-10H2,1-2H3. The Bertz CT molecular complexity index is 424. The van der Waals surface area contributed by atoms with E-state index in [0.29, 0.717) is 0 Å². The summed E-state index contributed by atoms with van der Waals surface area (Å²) in [6.45, 7) is 8.45. The number of benzene rings is 1. The molecule has 1 aromatic rings. The van der Waals surface area contributed by atoms with Gasteiger partial charge in [0.1, 0.15) is 5.82 Å². The fourth-order valence-corrected chi connectivity index (χ4v) is 2.90. The Morgan fingerprint density at radius 2 is 2.28 bits per heavy atom. The molecule has 0 aliphatic carbocycles. The lowest BCUT2D eigenvalue weighted by Crippen LogP contribution is -2.58. The van der Waals surface area contributed by atoms with Gasteiger partial charge in [-0.05, 0) is 31.0 Å². The van der Waals surface area contributed by atoms with E-state index >= 15 is 0 Å². The molecule has 1 saturated heterocycles. The molecule has 1 unspecified atom stereocenters. The van der Waals surface area contributed by atoms with Gasteiger partial charge in [-0.1, -0.05) is 28.9 Å². The van der Waals surface area contributed by atoms with Crippen LogP contribution in [0.4, 0.5) is 4.39 Å². The van der Waals surface area contributed by atoms with Gasteiger partial charge >= 0.3 is 0 Å². The minimum Gasteiger partial charge on any atom is -0.314 e. The van der Waals surface area contributed by atoms with E-state index in [2.05, 4.69) is 40.0 Å². The van der Waals surface area contributed by atoms with E-state index in [0.717, 1.165) is 42.6 Å². The molecule has 0 aromatic heterocycles. The molecule has 1 N–H and O–H groups in total. The number of nitrogens with zero attached hydrogens (tertiary/aromatic N) is 1. The first-order valence-electron chi connectivity index (χ1n) is 6.45. The van der Waals surface area contributed by atoms with Gasteiger partial charge in [-0.15, -0.1) is 0 Å². The van der Waals surface area contributed by atoms with Crippen molar-refractivity contribution >= 4 is 15.9 Å². The molecule has 100 valence electrons. The maximum Gasteiger partial charge on any atom is 0.124 e. The fourth-order valence-electron chi connectivity index (χ4n) is 2.43. The van der Waals surface area contributed by atoms with E-state index in [9.17, 15) is 4.39 Å². The predicted octanol–water partition coefficient (Wildman–Crippen LogP) is 3.16. The third-order valence-corrected chi connectivity index (χ3v) is 4.70. The summed E-state index contributed by atoms with van der Waals surface area (Å²) in [5, 5.41) is 3.45. The molecule has 1 atom stereocenters. The van der Waals surface area contributed by atoms with Crippen LogP contribution in [0.15, 0.2) is 22.7 Å². The molecule has 18 heavy (non-hydrogen) atoms. The lowest BCUT2D eigenvalue weighted by molar-refractivity contribution is 0.0635. The van der Waals surface area contributed by atoms with E-state index in [4.69, 9.17) is 0 Å². The Balaban J connectivity index is 2.16. The second kappa shape index (κ2) is 5.68. The van der Waals surface area contributed by atoms with Crippen LogP contribution in [0.5, 0.6) is 0 Å². The largest absolute Gasteiger partial charge is 0.314 e. The predicted molar refractivity (Wildman–Crippen MR) is 76.1 cm³/mol. The van der Waals surface area contributed by atoms with E-state index in [1.807, 2.05) is 6.07 Å². The van der Waals surface area contributed by atoms with Gasteiger partial charge in [0.2, 0.25) is 0 Å². The molecule has 2 rings (SSSR count). The zero-order chi connectivity index (χ0) is 13.2. The number of nitrogens with one attached hydrogen (secondary N) is 1. The zero-order valence-corrected chi connectivity index (χ0v) is 12.6. The van der Waals surface area contributed by atoms with Crippen LogP contribution in [0, 0.1) is 5.82 Å². The molecule has 1 heterocycles. The number of halogens is 2. The van der Waals surface area contributed by atoms with Gasteiger partial charge in [0.25, 0.3) is 0 Å². The Kier molecular flexibility index (Phi) is 4.41. The SMILES string of the molecule is CCC1(C)CNCCN1Cc1ccc(F)cc1Br. The summed E-state index contributed by atoms with van der Waals surface area (Å²) in [4.78, 5) is 2.49. The second-order valence-electron chi connectivity index (χ2n) is 5.18. The highest BCUT2D eigenvalue weighted by Gasteiger charge is 2.32. The van der Waals surface area contributed by atoms with Gasteiger partial charge in [-0.25, -0.2) is 4.39 Å². The van der Waals surface area contributed by atoms with Crippen molar-refractivity contribution in [3.8, 4) is 0 Å². The smallest absolute Gasteiger partial charge is 0.124 e. The van der Waals surface area contributed by atoms with Gasteiger partial charge in [0, 0.05) is 36.2 Å². The Morgan fingerprint density at radius 1 is 1.50 bits per heavy atom. The third-order valence-electron chi connectivity index (χ3n) is 3.97. The van der Waals surface area contributed by atoms with Crippen molar-refractivity contribution in [2.45, 2.75) is 32.4 Å². The molecule has 1 fully saturated rings. The number of hydrogen-bond donors (Lipinski definition) is 1. The Labute approximate surface area is 117 Å². The van der Waals surface area contributed by atoms with Crippen LogP contribution < -0.4 is 5.32 Å². The van der Waals surface area contributed by atoms with Gasteiger partial charge in [-0.3, -0.25) is 4.90 Å². The Hall–Kier alpha value is -0.450. The molecule has 0 saturated carbocycles. The topological polar surface area (TPSA) is 15.3 Å². The first-order valence-corrected chi connectivity index (χ1v) is 7.24. The molecule has 0 radical (unpaired) electrons. The molecule has 1 aliphatic rings. The summed E-state index contributed by atoms with van der Waals surface area (Å²) < 4.78 is 14.0. The van der Waals surface area contributed by atoms with Crippen molar-refractivity contribution < 1.29 is 4.39 Å². The number of hydrogen-bond acceptors (Lipinski definition) is 2. The highest BCUT2D eigenvalue weighted by atomic mass is 79.9. The van der Waals surface area contributed by atoms with E-state index < -0.39 is 0 Å². The molecule has 0 bridgehead atoms. The van der Waals surface area contributed by atoms with Crippen molar-refractivity contribution in [2.24, 2.45) is 0 Å². The van der Waals surface area contributed by atoms with Gasteiger partial charge in [-0.2, -0.15) is 0 Å². The third kappa shape index (κ3) is 2.92. The highest BCUT2D eigenvalue weighted by molar-refractivity contribution is 9.10. The van der Waals surface area contributed by atoms with Crippen LogP contribution >= 0.6 is 15.9 Å². The van der Waals surface area contributed by atoms with Crippen LogP contribution in [0.3, 0.4) is 0 Å². The lowest BCUT2D eigenvalue weighted by Gasteiger charge is -2.45. The molecular formula is C14H20BrFN2. The highest BCUT2D eigenvalue weighted by Crippen LogP contribution is 2.26. The van der Waals surface area contributed by atoms with Crippen molar-refractivity contribution in [3.05, 3.63) is 34.1 Å². The minimum absolute atomic E-state index is 0.187. The van der Waals surface area contributed by atoms with Gasteiger partial charge in [0.05, 0.1) is 0 Å². The summed E-state index contributed by atoms with van der Waals surface area (Å²) in [6.07, 6.45) is 1.11. The normalized spacial score (nSPS) is 25.3.